The number of hydrazine groups is 1. The zero-order chi connectivity index (χ0) is 24.5. The Morgan fingerprint density at radius 3 is 2.56 bits per heavy atom. The number of nitrogens with one attached hydrogen (secondary N) is 2. The van der Waals surface area contributed by atoms with E-state index in [1.54, 1.807) is 6.07 Å². The van der Waals surface area contributed by atoms with E-state index < -0.39 is 0 Å². The molecule has 7 nitrogen and oxygen atoms in total. The molecule has 36 heavy (non-hydrogen) atoms. The Bertz CT molecular complexity index is 1480. The second kappa shape index (κ2) is 9.56. The number of fused-ring (bicyclic) bond motifs is 1. The van der Waals surface area contributed by atoms with Crippen LogP contribution in [0.25, 0.3) is 33.3 Å². The number of benzene rings is 2. The Balaban J connectivity index is 1.23. The second-order valence-electron chi connectivity index (χ2n) is 9.12. The van der Waals surface area contributed by atoms with Gasteiger partial charge in [-0.15, -0.1) is 0 Å². The molecule has 5 aromatic rings. The molecule has 2 N–H and O–H groups in total. The maximum Gasteiger partial charge on any atom is 0.137 e. The van der Waals surface area contributed by atoms with Crippen LogP contribution < -0.4 is 10.3 Å². The molecule has 1 saturated heterocycles. The number of nitrogens with zero attached hydrogens (tertiary/aromatic N) is 5. The largest absolute Gasteiger partial charge is 0.369 e. The smallest absolute Gasteiger partial charge is 0.137 e. The number of hydrogen-bond acceptors (Lipinski definition) is 5. The van der Waals surface area contributed by atoms with Gasteiger partial charge >= 0.3 is 0 Å². The third kappa shape index (κ3) is 4.48. The lowest BCUT2D eigenvalue weighted by Crippen LogP contribution is -2.50. The summed E-state index contributed by atoms with van der Waals surface area (Å²) < 4.78 is 15.4. The molecular weight excluding hydrogens is 453 g/mol. The molecule has 0 radical (unpaired) electrons. The van der Waals surface area contributed by atoms with E-state index in [0.29, 0.717) is 6.54 Å². The van der Waals surface area contributed by atoms with Crippen LogP contribution >= 0.6 is 0 Å². The number of aromatic nitrogens is 4. The van der Waals surface area contributed by atoms with Crippen molar-refractivity contribution in [3.63, 3.8) is 0 Å². The number of rotatable bonds is 6. The Morgan fingerprint density at radius 1 is 0.944 bits per heavy atom. The van der Waals surface area contributed by atoms with Gasteiger partial charge in [0, 0.05) is 72.5 Å². The first kappa shape index (κ1) is 22.5. The molecule has 1 aliphatic rings. The lowest BCUT2D eigenvalue weighted by atomic mass is 10.0. The molecule has 2 aromatic carbocycles. The van der Waals surface area contributed by atoms with Gasteiger partial charge in [0.1, 0.15) is 11.5 Å². The second-order valence-corrected chi connectivity index (χ2v) is 9.12. The van der Waals surface area contributed by atoms with Gasteiger partial charge in [0.05, 0.1) is 12.7 Å². The fraction of sp³-hybridized carbons (Fsp3) is 0.214. The Hall–Kier alpha value is -4.01. The van der Waals surface area contributed by atoms with Crippen LogP contribution in [0.3, 0.4) is 0 Å². The third-order valence-electron chi connectivity index (χ3n) is 6.87. The molecule has 0 aliphatic carbocycles. The summed E-state index contributed by atoms with van der Waals surface area (Å²) in [6.45, 7) is 4.54. The lowest BCUT2D eigenvalue weighted by Gasteiger charge is -2.35. The van der Waals surface area contributed by atoms with E-state index in [-0.39, 0.29) is 5.82 Å². The summed E-state index contributed by atoms with van der Waals surface area (Å²) in [6.07, 6.45) is 7.72. The highest BCUT2D eigenvalue weighted by Gasteiger charge is 2.16. The predicted octanol–water partition coefficient (Wildman–Crippen LogP) is 4.54. The summed E-state index contributed by atoms with van der Waals surface area (Å²) in [5, 5.41) is 7.78. The highest BCUT2D eigenvalue weighted by molar-refractivity contribution is 5.95. The summed E-state index contributed by atoms with van der Waals surface area (Å²) in [7, 11) is 1.98. The lowest BCUT2D eigenvalue weighted by molar-refractivity contribution is 0.195. The van der Waals surface area contributed by atoms with Gasteiger partial charge in [-0.3, -0.25) is 10.1 Å². The Kier molecular flexibility index (Phi) is 5.96. The molecule has 1 fully saturated rings. The molecule has 0 bridgehead atoms. The molecule has 1 aliphatic heterocycles. The fourth-order valence-electron chi connectivity index (χ4n) is 4.86. The summed E-state index contributed by atoms with van der Waals surface area (Å²) in [5.41, 5.74) is 10.4. The molecule has 182 valence electrons. The highest BCUT2D eigenvalue weighted by Crippen LogP contribution is 2.31. The van der Waals surface area contributed by atoms with E-state index in [0.717, 1.165) is 65.0 Å². The molecule has 0 saturated carbocycles. The third-order valence-corrected chi connectivity index (χ3v) is 6.87. The minimum Gasteiger partial charge on any atom is -0.369 e. The van der Waals surface area contributed by atoms with Crippen LogP contribution in [-0.4, -0.2) is 58.0 Å². The van der Waals surface area contributed by atoms with E-state index in [4.69, 9.17) is 0 Å². The van der Waals surface area contributed by atoms with Crippen molar-refractivity contribution in [2.45, 2.75) is 6.54 Å². The van der Waals surface area contributed by atoms with Crippen molar-refractivity contribution in [2.24, 2.45) is 0 Å². The molecule has 0 unspecified atom stereocenters. The van der Waals surface area contributed by atoms with Crippen molar-refractivity contribution in [3.05, 3.63) is 90.8 Å². The minimum absolute atomic E-state index is 0.237. The van der Waals surface area contributed by atoms with Crippen molar-refractivity contribution in [1.82, 2.24) is 30.2 Å². The molecule has 0 atom stereocenters. The molecular formula is C28H28FN7. The fourth-order valence-corrected chi connectivity index (χ4v) is 4.86. The standard InChI is InChI=1S/C28H28FN7/c1-30-35-11-9-34(10-12-35)25-7-5-21(6-8-25)22-14-26-27(17-32-28(26)31-15-22)23-16-33-36(19-23)18-20-3-2-4-24(29)13-20/h2-8,13-17,19,30H,9-12,18H2,1H3,(H,31,32). The van der Waals surface area contributed by atoms with Gasteiger partial charge in [-0.05, 0) is 48.5 Å². The van der Waals surface area contributed by atoms with Gasteiger partial charge in [-0.1, -0.05) is 24.3 Å². The average molecular weight is 482 g/mol. The van der Waals surface area contributed by atoms with Crippen LogP contribution in [0.5, 0.6) is 0 Å². The number of hydrogen-bond donors (Lipinski definition) is 2. The maximum absolute atomic E-state index is 13.5. The van der Waals surface area contributed by atoms with E-state index in [1.807, 2.05) is 42.6 Å². The van der Waals surface area contributed by atoms with Crippen molar-refractivity contribution in [3.8, 4) is 22.3 Å². The zero-order valence-electron chi connectivity index (χ0n) is 20.2. The van der Waals surface area contributed by atoms with Crippen molar-refractivity contribution in [1.29, 1.82) is 0 Å². The van der Waals surface area contributed by atoms with Crippen LogP contribution in [0.15, 0.2) is 79.4 Å². The van der Waals surface area contributed by atoms with Gasteiger partial charge in [-0.2, -0.15) is 5.10 Å². The quantitative estimate of drug-likeness (QED) is 0.373. The predicted molar refractivity (Wildman–Crippen MR) is 141 cm³/mol. The first-order valence-electron chi connectivity index (χ1n) is 12.2. The average Bonchev–Trinajstić information content (AvgIpc) is 3.55. The van der Waals surface area contributed by atoms with Crippen molar-refractivity contribution in [2.75, 3.05) is 38.1 Å². The highest BCUT2D eigenvalue weighted by atomic mass is 19.1. The molecule has 4 heterocycles. The van der Waals surface area contributed by atoms with Gasteiger partial charge < -0.3 is 9.88 Å². The first-order valence-corrected chi connectivity index (χ1v) is 12.2. The minimum atomic E-state index is -0.237. The molecule has 3 aromatic heterocycles. The van der Waals surface area contributed by atoms with Gasteiger partial charge in [-0.25, -0.2) is 14.4 Å². The topological polar surface area (TPSA) is 65.0 Å². The van der Waals surface area contributed by atoms with E-state index >= 15 is 0 Å². The summed E-state index contributed by atoms with van der Waals surface area (Å²) in [6, 6.07) is 17.5. The van der Waals surface area contributed by atoms with Crippen molar-refractivity contribution < 1.29 is 4.39 Å². The van der Waals surface area contributed by atoms with E-state index in [2.05, 4.69) is 60.7 Å². The van der Waals surface area contributed by atoms with Crippen LogP contribution in [-0.2, 0) is 6.54 Å². The SMILES string of the molecule is CNN1CCN(c2ccc(-c3cnc4[nH]cc(-c5cnn(Cc6cccc(F)c6)c5)c4c3)cc2)CC1. The normalized spacial score (nSPS) is 14.6. The maximum atomic E-state index is 13.5. The molecule has 6 rings (SSSR count). The zero-order valence-corrected chi connectivity index (χ0v) is 20.2. The number of aromatic amines is 1. The van der Waals surface area contributed by atoms with Gasteiger partial charge in [0.2, 0.25) is 0 Å². The Morgan fingerprint density at radius 2 is 1.78 bits per heavy atom. The van der Waals surface area contributed by atoms with Gasteiger partial charge in [0.25, 0.3) is 0 Å². The molecule has 0 spiro atoms. The number of pyridine rings is 1. The van der Waals surface area contributed by atoms with Crippen molar-refractivity contribution >= 4 is 16.7 Å². The number of piperazine rings is 1. The van der Waals surface area contributed by atoms with Crippen LogP contribution in [0.4, 0.5) is 10.1 Å². The monoisotopic (exact) mass is 481 g/mol. The van der Waals surface area contributed by atoms with Crippen LogP contribution in [0.2, 0.25) is 0 Å². The van der Waals surface area contributed by atoms with Gasteiger partial charge in [0.15, 0.2) is 0 Å². The molecule has 8 heteroatoms. The number of anilines is 1. The summed E-state index contributed by atoms with van der Waals surface area (Å²) in [4.78, 5) is 10.4. The summed E-state index contributed by atoms with van der Waals surface area (Å²) in [5.74, 6) is -0.237. The number of H-pyrrole nitrogens is 1. The van der Waals surface area contributed by atoms with E-state index in [9.17, 15) is 4.39 Å². The summed E-state index contributed by atoms with van der Waals surface area (Å²) >= 11 is 0. The first-order chi connectivity index (χ1) is 17.7. The van der Waals surface area contributed by atoms with Crippen LogP contribution in [0.1, 0.15) is 5.56 Å². The van der Waals surface area contributed by atoms with E-state index in [1.165, 1.54) is 17.8 Å². The number of halogens is 1. The Labute approximate surface area is 209 Å². The van der Waals surface area contributed by atoms with Crippen LogP contribution in [0, 0.1) is 5.82 Å². The molecule has 0 amide bonds.